The van der Waals surface area contributed by atoms with E-state index in [1.54, 1.807) is 12.1 Å². The lowest BCUT2D eigenvalue weighted by atomic mass is 10.2. The minimum absolute atomic E-state index is 0.0732. The molecule has 0 aliphatic heterocycles. The van der Waals surface area contributed by atoms with Crippen LogP contribution in [0.25, 0.3) is 0 Å². The third-order valence-corrected chi connectivity index (χ3v) is 1.76. The largest absolute Gasteiger partial charge is 0.376 e. The van der Waals surface area contributed by atoms with Gasteiger partial charge in [0.1, 0.15) is 0 Å². The zero-order valence-electron chi connectivity index (χ0n) is 7.27. The number of nitro groups is 1. The summed E-state index contributed by atoms with van der Waals surface area (Å²) in [6.07, 6.45) is 0. The summed E-state index contributed by atoms with van der Waals surface area (Å²) in [5, 5.41) is 13.3. The van der Waals surface area contributed by atoms with Gasteiger partial charge in [0.2, 0.25) is 0 Å². The van der Waals surface area contributed by atoms with E-state index in [1.165, 1.54) is 12.1 Å². The second-order valence-corrected chi connectivity index (χ2v) is 3.08. The first-order valence-corrected chi connectivity index (χ1v) is 4.27. The molecule has 1 aromatic rings. The molecule has 0 spiro atoms. The summed E-state index contributed by atoms with van der Waals surface area (Å²) < 4.78 is 0. The van der Waals surface area contributed by atoms with Gasteiger partial charge in [0.15, 0.2) is 5.11 Å². The second-order valence-electron chi connectivity index (χ2n) is 2.64. The Balaban J connectivity index is 2.64. The quantitative estimate of drug-likeness (QED) is 0.441. The minimum Gasteiger partial charge on any atom is -0.376 e. The maximum atomic E-state index is 10.3. The number of nitrogens with two attached hydrogens (primary N) is 1. The van der Waals surface area contributed by atoms with Crippen LogP contribution in [0.5, 0.6) is 0 Å². The number of nitrogens with one attached hydrogen (secondary N) is 1. The molecule has 0 amide bonds. The third-order valence-electron chi connectivity index (χ3n) is 1.61. The summed E-state index contributed by atoms with van der Waals surface area (Å²) in [5.41, 5.74) is 6.20. The molecule has 1 rings (SSSR count). The fourth-order valence-corrected chi connectivity index (χ4v) is 0.997. The van der Waals surface area contributed by atoms with Gasteiger partial charge < -0.3 is 11.1 Å². The van der Waals surface area contributed by atoms with Crippen molar-refractivity contribution in [3.8, 4) is 0 Å². The number of nitrogens with zero attached hydrogens (tertiary/aromatic N) is 1. The Hall–Kier alpha value is -1.69. The molecule has 0 fully saturated rings. The lowest BCUT2D eigenvalue weighted by Gasteiger charge is -2.02. The zero-order chi connectivity index (χ0) is 10.6. The lowest BCUT2D eigenvalue weighted by molar-refractivity contribution is -0.384. The highest BCUT2D eigenvalue weighted by molar-refractivity contribution is 7.80. The third kappa shape index (κ3) is 2.98. The molecule has 0 aromatic heterocycles. The fraction of sp³-hybridized carbons (Fsp3) is 0.125. The van der Waals surface area contributed by atoms with Gasteiger partial charge in [-0.15, -0.1) is 0 Å². The summed E-state index contributed by atoms with van der Waals surface area (Å²) in [6.45, 7) is 0.479. The SMILES string of the molecule is NC(=S)NCc1ccc([N+](=O)[O-])cc1. The molecule has 0 bridgehead atoms. The molecule has 0 heterocycles. The van der Waals surface area contributed by atoms with Gasteiger partial charge in [-0.2, -0.15) is 0 Å². The van der Waals surface area contributed by atoms with Crippen LogP contribution >= 0.6 is 12.2 Å². The van der Waals surface area contributed by atoms with Crippen LogP contribution in [0.4, 0.5) is 5.69 Å². The molecular formula is C8H9N3O2S. The number of hydrogen-bond acceptors (Lipinski definition) is 3. The summed E-state index contributed by atoms with van der Waals surface area (Å²) in [5.74, 6) is 0. The number of non-ortho nitro benzene ring substituents is 1. The van der Waals surface area contributed by atoms with Crippen molar-refractivity contribution >= 4 is 23.0 Å². The Labute approximate surface area is 86.1 Å². The van der Waals surface area contributed by atoms with Gasteiger partial charge in [-0.1, -0.05) is 12.1 Å². The van der Waals surface area contributed by atoms with E-state index >= 15 is 0 Å². The van der Waals surface area contributed by atoms with E-state index in [-0.39, 0.29) is 10.8 Å². The minimum atomic E-state index is -0.440. The number of benzene rings is 1. The molecule has 0 atom stereocenters. The molecule has 3 N–H and O–H groups in total. The monoisotopic (exact) mass is 211 g/mol. The number of nitro benzene ring substituents is 1. The Morgan fingerprint density at radius 3 is 2.50 bits per heavy atom. The molecule has 6 heteroatoms. The molecule has 5 nitrogen and oxygen atoms in total. The summed E-state index contributed by atoms with van der Waals surface area (Å²) in [4.78, 5) is 9.89. The Bertz CT molecular complexity index is 350. The molecule has 14 heavy (non-hydrogen) atoms. The van der Waals surface area contributed by atoms with Crippen molar-refractivity contribution < 1.29 is 4.92 Å². The Morgan fingerprint density at radius 2 is 2.07 bits per heavy atom. The Kier molecular flexibility index (Phi) is 3.35. The number of thiocarbonyl (C=S) groups is 1. The van der Waals surface area contributed by atoms with Crippen LogP contribution < -0.4 is 11.1 Å². The van der Waals surface area contributed by atoms with Crippen molar-refractivity contribution in [2.75, 3.05) is 0 Å². The fourth-order valence-electron chi connectivity index (χ4n) is 0.925. The van der Waals surface area contributed by atoms with E-state index in [1.807, 2.05) is 0 Å². The smallest absolute Gasteiger partial charge is 0.269 e. The van der Waals surface area contributed by atoms with Crippen LogP contribution in [0.3, 0.4) is 0 Å². The highest BCUT2D eigenvalue weighted by Gasteiger charge is 2.03. The molecule has 0 unspecified atom stereocenters. The van der Waals surface area contributed by atoms with Crippen LogP contribution in [-0.4, -0.2) is 10.0 Å². The van der Waals surface area contributed by atoms with Gasteiger partial charge in [-0.25, -0.2) is 0 Å². The summed E-state index contributed by atoms with van der Waals surface area (Å²) in [6, 6.07) is 6.19. The van der Waals surface area contributed by atoms with E-state index in [2.05, 4.69) is 17.5 Å². The predicted octanol–water partition coefficient (Wildman–Crippen LogP) is 0.928. The van der Waals surface area contributed by atoms with Crippen LogP contribution in [-0.2, 0) is 6.54 Å². The van der Waals surface area contributed by atoms with Gasteiger partial charge in [0.05, 0.1) is 4.92 Å². The standard InChI is InChI=1S/C8H9N3O2S/c9-8(14)10-5-6-1-3-7(4-2-6)11(12)13/h1-4H,5H2,(H3,9,10,14). The normalized spacial score (nSPS) is 9.43. The maximum Gasteiger partial charge on any atom is 0.269 e. The van der Waals surface area contributed by atoms with Crippen molar-refractivity contribution in [1.29, 1.82) is 0 Å². The van der Waals surface area contributed by atoms with Crippen molar-refractivity contribution in [3.05, 3.63) is 39.9 Å². The van der Waals surface area contributed by atoms with E-state index in [9.17, 15) is 10.1 Å². The van der Waals surface area contributed by atoms with E-state index in [4.69, 9.17) is 5.73 Å². The van der Waals surface area contributed by atoms with Crippen LogP contribution in [0.1, 0.15) is 5.56 Å². The molecule has 0 radical (unpaired) electrons. The maximum absolute atomic E-state index is 10.3. The average molecular weight is 211 g/mol. The molecule has 1 aromatic carbocycles. The van der Waals surface area contributed by atoms with Crippen LogP contribution in [0, 0.1) is 10.1 Å². The molecule has 0 aliphatic carbocycles. The zero-order valence-corrected chi connectivity index (χ0v) is 8.08. The first-order valence-electron chi connectivity index (χ1n) is 3.86. The van der Waals surface area contributed by atoms with Crippen LogP contribution in [0.2, 0.25) is 0 Å². The highest BCUT2D eigenvalue weighted by atomic mass is 32.1. The molecule has 0 saturated carbocycles. The van der Waals surface area contributed by atoms with Crippen molar-refractivity contribution in [3.63, 3.8) is 0 Å². The van der Waals surface area contributed by atoms with Gasteiger partial charge in [0, 0.05) is 18.7 Å². The van der Waals surface area contributed by atoms with Gasteiger partial charge in [-0.3, -0.25) is 10.1 Å². The van der Waals surface area contributed by atoms with E-state index < -0.39 is 4.92 Å². The second kappa shape index (κ2) is 4.52. The average Bonchev–Trinajstić information content (AvgIpc) is 2.15. The van der Waals surface area contributed by atoms with Gasteiger partial charge in [0.25, 0.3) is 5.69 Å². The summed E-state index contributed by atoms with van der Waals surface area (Å²) >= 11 is 4.62. The van der Waals surface area contributed by atoms with Crippen molar-refractivity contribution in [2.45, 2.75) is 6.54 Å². The Morgan fingerprint density at radius 1 is 1.50 bits per heavy atom. The van der Waals surface area contributed by atoms with Gasteiger partial charge in [-0.05, 0) is 17.8 Å². The molecule has 74 valence electrons. The van der Waals surface area contributed by atoms with Gasteiger partial charge >= 0.3 is 0 Å². The number of rotatable bonds is 3. The van der Waals surface area contributed by atoms with Crippen molar-refractivity contribution in [1.82, 2.24) is 5.32 Å². The lowest BCUT2D eigenvalue weighted by Crippen LogP contribution is -2.28. The number of hydrogen-bond donors (Lipinski definition) is 2. The predicted molar refractivity (Wildman–Crippen MR) is 56.7 cm³/mol. The first-order chi connectivity index (χ1) is 6.59. The first kappa shape index (κ1) is 10.4. The highest BCUT2D eigenvalue weighted by Crippen LogP contribution is 2.11. The van der Waals surface area contributed by atoms with E-state index in [0.29, 0.717) is 6.54 Å². The molecular weight excluding hydrogens is 202 g/mol. The summed E-state index contributed by atoms with van der Waals surface area (Å²) in [7, 11) is 0. The molecule has 0 aliphatic rings. The topological polar surface area (TPSA) is 81.2 Å². The van der Waals surface area contributed by atoms with Crippen molar-refractivity contribution in [2.24, 2.45) is 5.73 Å². The van der Waals surface area contributed by atoms with E-state index in [0.717, 1.165) is 5.56 Å². The molecule has 0 saturated heterocycles. The van der Waals surface area contributed by atoms with Crippen LogP contribution in [0.15, 0.2) is 24.3 Å².